The minimum absolute atomic E-state index is 0.0768. The first-order chi connectivity index (χ1) is 31.3. The van der Waals surface area contributed by atoms with Gasteiger partial charge in [-0.05, 0) is 56.8 Å². The highest BCUT2D eigenvalue weighted by molar-refractivity contribution is 9.10. The van der Waals surface area contributed by atoms with Gasteiger partial charge in [0.2, 0.25) is 0 Å². The molecule has 360 valence electrons. The summed E-state index contributed by atoms with van der Waals surface area (Å²) in [7, 11) is 0. The fourth-order valence-electron chi connectivity index (χ4n) is 7.03. The monoisotopic (exact) mass is 1030 g/mol. The van der Waals surface area contributed by atoms with Crippen LogP contribution in [0.15, 0.2) is 21.1 Å². The van der Waals surface area contributed by atoms with Crippen LogP contribution < -0.4 is 0 Å². The second-order valence-electron chi connectivity index (χ2n) is 15.2. The van der Waals surface area contributed by atoms with Gasteiger partial charge < -0.3 is 37.9 Å². The van der Waals surface area contributed by atoms with Gasteiger partial charge in [-0.25, -0.2) is 0 Å². The number of hydrogen-bond donors (Lipinski definition) is 0. The number of unbranched alkanes of at least 4 members (excludes halogenated alkanes) is 10. The average Bonchev–Trinajstić information content (AvgIpc) is 3.28. The van der Waals surface area contributed by atoms with Crippen LogP contribution in [0.25, 0.3) is 10.8 Å². The Hall–Kier alpha value is -2.46. The van der Waals surface area contributed by atoms with Crippen LogP contribution in [0.5, 0.6) is 0 Å². The summed E-state index contributed by atoms with van der Waals surface area (Å²) >= 11 is 6.84. The number of nitrogens with zero attached hydrogens (tertiary/aromatic N) is 2. The lowest BCUT2D eigenvalue weighted by Crippen LogP contribution is -2.44. The number of halogens is 2. The van der Waals surface area contributed by atoms with E-state index in [0.717, 1.165) is 26.1 Å². The summed E-state index contributed by atoms with van der Waals surface area (Å²) in [5, 5.41) is 1.67. The van der Waals surface area contributed by atoms with E-state index in [1.54, 1.807) is 0 Å². The molecule has 4 amide bonds. The summed E-state index contributed by atoms with van der Waals surface area (Å²) in [6, 6.07) is 2.88. The van der Waals surface area contributed by atoms with Gasteiger partial charge in [-0.15, -0.1) is 10.1 Å². The molecule has 0 N–H and O–H groups in total. The molecule has 0 fully saturated rings. The first-order valence-electron chi connectivity index (χ1n) is 23.0. The largest absolute Gasteiger partial charge is 0.379 e. The number of ether oxygens (including phenoxy) is 8. The molecular formula is C46H68Br2N2O14. The normalized spacial score (nSPS) is 13.7. The average molecular weight is 1030 g/mol. The molecule has 0 saturated heterocycles. The van der Waals surface area contributed by atoms with E-state index in [9.17, 15) is 19.2 Å². The van der Waals surface area contributed by atoms with Crippen molar-refractivity contribution < 1.29 is 66.7 Å². The zero-order chi connectivity index (χ0) is 45.8. The molecule has 4 rings (SSSR count). The molecule has 2 aliphatic heterocycles. The van der Waals surface area contributed by atoms with Gasteiger partial charge in [-0.2, -0.15) is 0 Å². The van der Waals surface area contributed by atoms with Gasteiger partial charge in [0.25, 0.3) is 23.6 Å². The Bertz CT molecular complexity index is 1610. The quantitative estimate of drug-likeness (QED) is 0.0462. The zero-order valence-electron chi connectivity index (χ0n) is 37.7. The van der Waals surface area contributed by atoms with Crippen LogP contribution in [0.4, 0.5) is 0 Å². The van der Waals surface area contributed by atoms with Crippen LogP contribution in [0.1, 0.15) is 132 Å². The Morgan fingerprint density at radius 2 is 0.625 bits per heavy atom. The van der Waals surface area contributed by atoms with Crippen molar-refractivity contribution in [2.24, 2.45) is 0 Å². The lowest BCUT2D eigenvalue weighted by molar-refractivity contribution is -0.112. The van der Waals surface area contributed by atoms with E-state index < -0.39 is 23.6 Å². The van der Waals surface area contributed by atoms with Crippen molar-refractivity contribution >= 4 is 66.3 Å². The van der Waals surface area contributed by atoms with Crippen LogP contribution in [-0.2, 0) is 47.6 Å². The summed E-state index contributed by atoms with van der Waals surface area (Å²) in [6.45, 7) is 11.0. The first-order valence-corrected chi connectivity index (χ1v) is 24.6. The van der Waals surface area contributed by atoms with Gasteiger partial charge in [-0.1, -0.05) is 78.1 Å². The van der Waals surface area contributed by atoms with E-state index >= 15 is 0 Å². The molecule has 0 radical (unpaired) electrons. The highest BCUT2D eigenvalue weighted by Gasteiger charge is 2.43. The number of benzene rings is 2. The SMILES string of the molecule is CCCCCCCCOCCOCCOCCOCCON1C(=O)c2cc(Br)c3c4c(cc(Br)c(c24)C1=O)C(=O)N(OCCOCCOCCOCCOCCCCCCCC)C3=O. The van der Waals surface area contributed by atoms with Crippen molar-refractivity contribution in [3.8, 4) is 0 Å². The molecule has 64 heavy (non-hydrogen) atoms. The summed E-state index contributed by atoms with van der Waals surface area (Å²) in [4.78, 5) is 66.0. The molecule has 0 spiro atoms. The highest BCUT2D eigenvalue weighted by atomic mass is 79.9. The van der Waals surface area contributed by atoms with Gasteiger partial charge in [0, 0.05) is 32.9 Å². The van der Waals surface area contributed by atoms with Crippen LogP contribution in [0, 0.1) is 0 Å². The number of imide groups is 2. The third-order valence-corrected chi connectivity index (χ3v) is 11.6. The van der Waals surface area contributed by atoms with Crippen LogP contribution in [-0.4, -0.2) is 153 Å². The Balaban J connectivity index is 1.10. The molecule has 0 bridgehead atoms. The van der Waals surface area contributed by atoms with Gasteiger partial charge in [0.05, 0.1) is 128 Å². The zero-order valence-corrected chi connectivity index (χ0v) is 40.9. The summed E-state index contributed by atoms with van der Waals surface area (Å²) in [5.74, 6) is -3.01. The minimum Gasteiger partial charge on any atom is -0.379 e. The molecular weight excluding hydrogens is 964 g/mol. The number of hydroxylamine groups is 4. The van der Waals surface area contributed by atoms with E-state index in [4.69, 9.17) is 47.6 Å². The van der Waals surface area contributed by atoms with Crippen molar-refractivity contribution in [3.63, 3.8) is 0 Å². The molecule has 0 atom stereocenters. The van der Waals surface area contributed by atoms with Crippen molar-refractivity contribution in [3.05, 3.63) is 43.3 Å². The number of carbonyl (C=O) groups is 4. The van der Waals surface area contributed by atoms with E-state index in [0.29, 0.717) is 76.2 Å². The highest BCUT2D eigenvalue weighted by Crippen LogP contribution is 2.44. The third kappa shape index (κ3) is 17.6. The smallest absolute Gasteiger partial charge is 0.286 e. The fourth-order valence-corrected chi connectivity index (χ4v) is 8.23. The number of carbonyl (C=O) groups excluding carboxylic acids is 4. The Morgan fingerprint density at radius 1 is 0.359 bits per heavy atom. The Labute approximate surface area is 394 Å². The molecule has 0 unspecified atom stereocenters. The maximum Gasteiger partial charge on any atom is 0.286 e. The number of hydrogen-bond acceptors (Lipinski definition) is 14. The van der Waals surface area contributed by atoms with E-state index in [1.807, 2.05) is 0 Å². The second kappa shape index (κ2) is 32.3. The lowest BCUT2D eigenvalue weighted by atomic mass is 9.87. The van der Waals surface area contributed by atoms with Crippen LogP contribution in [0.3, 0.4) is 0 Å². The minimum atomic E-state index is -0.753. The molecule has 16 nitrogen and oxygen atoms in total. The molecule has 18 heteroatoms. The van der Waals surface area contributed by atoms with Gasteiger partial charge >= 0.3 is 0 Å². The van der Waals surface area contributed by atoms with E-state index in [-0.39, 0.29) is 81.6 Å². The summed E-state index contributed by atoms with van der Waals surface area (Å²) in [6.07, 6.45) is 14.8. The van der Waals surface area contributed by atoms with Crippen molar-refractivity contribution in [1.29, 1.82) is 0 Å². The molecule has 0 saturated carbocycles. The molecule has 2 aromatic carbocycles. The molecule has 0 aromatic heterocycles. The van der Waals surface area contributed by atoms with Gasteiger partial charge in [-0.3, -0.25) is 28.9 Å². The second-order valence-corrected chi connectivity index (χ2v) is 16.9. The predicted octanol–water partition coefficient (Wildman–Crippen LogP) is 8.27. The van der Waals surface area contributed by atoms with Crippen LogP contribution >= 0.6 is 31.9 Å². The Morgan fingerprint density at radius 3 is 0.938 bits per heavy atom. The van der Waals surface area contributed by atoms with E-state index in [1.165, 1.54) is 76.3 Å². The van der Waals surface area contributed by atoms with Gasteiger partial charge in [0.15, 0.2) is 0 Å². The first kappa shape index (κ1) is 54.1. The fraction of sp³-hybridized carbons (Fsp3) is 0.696. The van der Waals surface area contributed by atoms with Crippen molar-refractivity contribution in [2.75, 3.05) is 119 Å². The summed E-state index contributed by atoms with van der Waals surface area (Å²) in [5.41, 5.74) is 0.309. The van der Waals surface area contributed by atoms with Crippen molar-refractivity contribution in [2.45, 2.75) is 90.9 Å². The topological polar surface area (TPSA) is 167 Å². The summed E-state index contributed by atoms with van der Waals surface area (Å²) < 4.78 is 45.0. The molecule has 0 aliphatic carbocycles. The standard InChI is InChI=1S/C46H68Br2N2O14/c1-3-5-7-9-11-13-15-55-17-19-57-21-23-59-25-27-61-29-31-63-49-43(51)35-33-38(48)42-40-36(34-37(47)41(39(35)40)45(49)53)44(52)50(46(42)54)64-32-30-62-28-26-60-24-22-58-20-18-56-16-14-12-10-8-6-4-2/h33-34H,3-32H2,1-2H3. The Kier molecular flexibility index (Phi) is 27.3. The van der Waals surface area contributed by atoms with E-state index in [2.05, 4.69) is 45.7 Å². The molecule has 2 aromatic rings. The molecule has 2 heterocycles. The van der Waals surface area contributed by atoms with Crippen molar-refractivity contribution in [1.82, 2.24) is 10.1 Å². The number of amides is 4. The number of rotatable bonds is 40. The van der Waals surface area contributed by atoms with Crippen LogP contribution in [0.2, 0.25) is 0 Å². The molecule has 2 aliphatic rings. The lowest BCUT2D eigenvalue weighted by Gasteiger charge is -2.32. The van der Waals surface area contributed by atoms with Gasteiger partial charge in [0.1, 0.15) is 0 Å². The maximum absolute atomic E-state index is 13.7. The third-order valence-electron chi connectivity index (χ3n) is 10.3. The maximum atomic E-state index is 13.7. The predicted molar refractivity (Wildman–Crippen MR) is 246 cm³/mol.